The highest BCUT2D eigenvalue weighted by molar-refractivity contribution is 7.99. The smallest absolute Gasteiger partial charge is 0.0634 e. The lowest BCUT2D eigenvalue weighted by Crippen LogP contribution is -2.38. The van der Waals surface area contributed by atoms with E-state index in [0.717, 1.165) is 24.3 Å². The second-order valence-electron chi connectivity index (χ2n) is 5.39. The number of ether oxygens (including phenoxy) is 1. The zero-order chi connectivity index (χ0) is 12.0. The van der Waals surface area contributed by atoms with Gasteiger partial charge in [-0.2, -0.15) is 11.8 Å². The fraction of sp³-hybridized carbons (Fsp3) is 1.00. The first-order valence-corrected chi connectivity index (χ1v) is 7.67. The van der Waals surface area contributed by atoms with Crippen LogP contribution in [0.5, 0.6) is 0 Å². The second kappa shape index (κ2) is 6.87. The SMILES string of the molecule is COC(C)(C)CCNC1CCCC(SC)C1. The van der Waals surface area contributed by atoms with Gasteiger partial charge in [0.1, 0.15) is 0 Å². The van der Waals surface area contributed by atoms with Crippen molar-refractivity contribution in [3.8, 4) is 0 Å². The lowest BCUT2D eigenvalue weighted by atomic mass is 9.94. The molecular formula is C13H27NOS. The fourth-order valence-electron chi connectivity index (χ4n) is 2.22. The van der Waals surface area contributed by atoms with E-state index in [9.17, 15) is 0 Å². The molecule has 1 fully saturated rings. The van der Waals surface area contributed by atoms with Crippen LogP contribution < -0.4 is 5.32 Å². The molecule has 0 spiro atoms. The Bertz CT molecular complexity index is 196. The van der Waals surface area contributed by atoms with E-state index in [4.69, 9.17) is 4.74 Å². The number of nitrogens with one attached hydrogen (secondary N) is 1. The lowest BCUT2D eigenvalue weighted by molar-refractivity contribution is 0.0151. The Morgan fingerprint density at radius 3 is 2.75 bits per heavy atom. The summed E-state index contributed by atoms with van der Waals surface area (Å²) in [5, 5.41) is 4.56. The molecular weight excluding hydrogens is 218 g/mol. The number of thioether (sulfide) groups is 1. The van der Waals surface area contributed by atoms with Crippen molar-refractivity contribution in [3.63, 3.8) is 0 Å². The first kappa shape index (κ1) is 14.3. The minimum atomic E-state index is 0.0145. The van der Waals surface area contributed by atoms with E-state index in [-0.39, 0.29) is 5.60 Å². The van der Waals surface area contributed by atoms with Crippen molar-refractivity contribution in [1.29, 1.82) is 0 Å². The average Bonchev–Trinajstić information content (AvgIpc) is 2.29. The third-order valence-electron chi connectivity index (χ3n) is 3.67. The maximum Gasteiger partial charge on any atom is 0.0634 e. The Hall–Kier alpha value is 0.270. The molecule has 16 heavy (non-hydrogen) atoms. The molecule has 2 nitrogen and oxygen atoms in total. The summed E-state index contributed by atoms with van der Waals surface area (Å²) >= 11 is 2.03. The van der Waals surface area contributed by atoms with Gasteiger partial charge in [-0.1, -0.05) is 6.42 Å². The van der Waals surface area contributed by atoms with Gasteiger partial charge >= 0.3 is 0 Å². The van der Waals surface area contributed by atoms with E-state index in [0.29, 0.717) is 0 Å². The third kappa shape index (κ3) is 5.07. The van der Waals surface area contributed by atoms with Gasteiger partial charge in [0.15, 0.2) is 0 Å². The molecule has 0 aromatic rings. The van der Waals surface area contributed by atoms with Crippen molar-refractivity contribution in [2.75, 3.05) is 19.9 Å². The minimum absolute atomic E-state index is 0.0145. The van der Waals surface area contributed by atoms with Crippen LogP contribution in [0.3, 0.4) is 0 Å². The van der Waals surface area contributed by atoms with Crippen LogP contribution in [0.2, 0.25) is 0 Å². The molecule has 96 valence electrons. The summed E-state index contributed by atoms with van der Waals surface area (Å²) in [6.07, 6.45) is 8.81. The highest BCUT2D eigenvalue weighted by atomic mass is 32.2. The Morgan fingerprint density at radius 1 is 1.38 bits per heavy atom. The molecule has 1 aliphatic rings. The van der Waals surface area contributed by atoms with E-state index < -0.39 is 0 Å². The first-order valence-electron chi connectivity index (χ1n) is 6.39. The van der Waals surface area contributed by atoms with Gasteiger partial charge in [-0.3, -0.25) is 0 Å². The van der Waals surface area contributed by atoms with Crippen LogP contribution in [0.1, 0.15) is 46.0 Å². The molecule has 2 atom stereocenters. The van der Waals surface area contributed by atoms with Crippen molar-refractivity contribution in [2.45, 2.75) is 62.8 Å². The van der Waals surface area contributed by atoms with Gasteiger partial charge in [0.2, 0.25) is 0 Å². The zero-order valence-electron chi connectivity index (χ0n) is 11.2. The van der Waals surface area contributed by atoms with E-state index >= 15 is 0 Å². The van der Waals surface area contributed by atoms with Crippen LogP contribution in [0.25, 0.3) is 0 Å². The van der Waals surface area contributed by atoms with Crippen molar-refractivity contribution in [1.82, 2.24) is 5.32 Å². The molecule has 0 aromatic heterocycles. The fourth-order valence-corrected chi connectivity index (χ4v) is 3.05. The van der Waals surface area contributed by atoms with Crippen LogP contribution in [-0.4, -0.2) is 36.8 Å². The summed E-state index contributed by atoms with van der Waals surface area (Å²) in [7, 11) is 1.80. The number of rotatable bonds is 6. The molecule has 0 bridgehead atoms. The maximum absolute atomic E-state index is 5.43. The maximum atomic E-state index is 5.43. The van der Waals surface area contributed by atoms with Crippen LogP contribution in [0, 0.1) is 0 Å². The quantitative estimate of drug-likeness (QED) is 0.777. The predicted molar refractivity (Wildman–Crippen MR) is 73.3 cm³/mol. The Kier molecular flexibility index (Phi) is 6.16. The van der Waals surface area contributed by atoms with Crippen LogP contribution >= 0.6 is 11.8 Å². The van der Waals surface area contributed by atoms with E-state index in [1.807, 2.05) is 11.8 Å². The van der Waals surface area contributed by atoms with Gasteiger partial charge < -0.3 is 10.1 Å². The summed E-state index contributed by atoms with van der Waals surface area (Å²) in [4.78, 5) is 0. The van der Waals surface area contributed by atoms with Crippen LogP contribution in [-0.2, 0) is 4.74 Å². The van der Waals surface area contributed by atoms with E-state index in [1.165, 1.54) is 25.7 Å². The molecule has 1 rings (SSSR count). The van der Waals surface area contributed by atoms with E-state index in [2.05, 4.69) is 25.4 Å². The summed E-state index contributed by atoms with van der Waals surface area (Å²) in [5.41, 5.74) is 0.0145. The van der Waals surface area contributed by atoms with Gasteiger partial charge in [-0.05, 0) is 52.3 Å². The summed E-state index contributed by atoms with van der Waals surface area (Å²) in [6, 6.07) is 0.735. The highest BCUT2D eigenvalue weighted by Crippen LogP contribution is 2.27. The predicted octanol–water partition coefficient (Wildman–Crippen LogP) is 3.07. The summed E-state index contributed by atoms with van der Waals surface area (Å²) in [6.45, 7) is 5.38. The Balaban J connectivity index is 2.17. The van der Waals surface area contributed by atoms with Crippen LogP contribution in [0.4, 0.5) is 0 Å². The lowest BCUT2D eigenvalue weighted by Gasteiger charge is -2.30. The van der Waals surface area contributed by atoms with Gasteiger partial charge in [-0.25, -0.2) is 0 Å². The van der Waals surface area contributed by atoms with Crippen LogP contribution in [0.15, 0.2) is 0 Å². The van der Waals surface area contributed by atoms with Crippen molar-refractivity contribution in [3.05, 3.63) is 0 Å². The Morgan fingerprint density at radius 2 is 2.12 bits per heavy atom. The monoisotopic (exact) mass is 245 g/mol. The first-order chi connectivity index (χ1) is 7.57. The second-order valence-corrected chi connectivity index (χ2v) is 6.53. The zero-order valence-corrected chi connectivity index (χ0v) is 12.0. The highest BCUT2D eigenvalue weighted by Gasteiger charge is 2.22. The van der Waals surface area contributed by atoms with Crippen molar-refractivity contribution < 1.29 is 4.74 Å². The number of hydrogen-bond acceptors (Lipinski definition) is 3. The summed E-state index contributed by atoms with van der Waals surface area (Å²) in [5.74, 6) is 0. The molecule has 3 heteroatoms. The van der Waals surface area contributed by atoms with Crippen molar-refractivity contribution >= 4 is 11.8 Å². The average molecular weight is 245 g/mol. The standard InChI is InChI=1S/C13H27NOS/c1-13(2,15-3)8-9-14-11-6-5-7-12(10-11)16-4/h11-12,14H,5-10H2,1-4H3. The minimum Gasteiger partial charge on any atom is -0.379 e. The van der Waals surface area contributed by atoms with Gasteiger partial charge in [0, 0.05) is 18.4 Å². The molecule has 1 N–H and O–H groups in total. The molecule has 0 saturated heterocycles. The van der Waals surface area contributed by atoms with Gasteiger partial charge in [0.05, 0.1) is 5.60 Å². The van der Waals surface area contributed by atoms with Crippen molar-refractivity contribution in [2.24, 2.45) is 0 Å². The van der Waals surface area contributed by atoms with Gasteiger partial charge in [0.25, 0.3) is 0 Å². The molecule has 2 unspecified atom stereocenters. The Labute approximate surface area is 105 Å². The molecule has 0 aliphatic heterocycles. The molecule has 1 saturated carbocycles. The molecule has 1 aliphatic carbocycles. The van der Waals surface area contributed by atoms with Gasteiger partial charge in [-0.15, -0.1) is 0 Å². The largest absolute Gasteiger partial charge is 0.379 e. The topological polar surface area (TPSA) is 21.3 Å². The normalized spacial score (nSPS) is 27.0. The summed E-state index contributed by atoms with van der Waals surface area (Å²) < 4.78 is 5.43. The van der Waals surface area contributed by atoms with E-state index in [1.54, 1.807) is 7.11 Å². The number of hydrogen-bond donors (Lipinski definition) is 1. The third-order valence-corrected chi connectivity index (χ3v) is 4.77. The molecule has 0 amide bonds. The molecule has 0 aromatic carbocycles. The molecule has 0 radical (unpaired) electrons. The number of methoxy groups -OCH3 is 1. The molecule has 0 heterocycles.